The van der Waals surface area contributed by atoms with Gasteiger partial charge in [0.2, 0.25) is 5.91 Å². The second kappa shape index (κ2) is 7.20. The first-order valence-electron chi connectivity index (χ1n) is 9.45. The van der Waals surface area contributed by atoms with E-state index in [1.807, 2.05) is 6.07 Å². The van der Waals surface area contributed by atoms with Crippen LogP contribution in [0.1, 0.15) is 30.5 Å². The quantitative estimate of drug-likeness (QED) is 0.777. The first kappa shape index (κ1) is 19.5. The van der Waals surface area contributed by atoms with Gasteiger partial charge in [-0.25, -0.2) is 4.39 Å². The van der Waals surface area contributed by atoms with Crippen molar-refractivity contribution >= 4 is 29.3 Å². The highest BCUT2D eigenvalue weighted by Crippen LogP contribution is 2.54. The van der Waals surface area contributed by atoms with Crippen LogP contribution in [0.25, 0.3) is 0 Å². The highest BCUT2D eigenvalue weighted by Gasteiger charge is 2.59. The average Bonchev–Trinajstić information content (AvgIpc) is 3.25. The third-order valence-corrected chi connectivity index (χ3v) is 6.73. The standard InChI is InChI=1S/C22H20FN3O2S/c1-14(2)20(27)26-8-9-29-22(26)18-11-17(23)6-7-19(18)25(21(22)28)13-16-5-3-4-15(10-16)12-24/h3-7,10-11,14H,8-9,13H2,1-2H3. The molecule has 7 heteroatoms. The van der Waals surface area contributed by atoms with Crippen LogP contribution in [0.4, 0.5) is 10.1 Å². The molecule has 0 radical (unpaired) electrons. The molecular weight excluding hydrogens is 389 g/mol. The minimum Gasteiger partial charge on any atom is -0.315 e. The first-order valence-corrected chi connectivity index (χ1v) is 10.4. The number of halogens is 1. The van der Waals surface area contributed by atoms with Crippen LogP contribution in [0.3, 0.4) is 0 Å². The van der Waals surface area contributed by atoms with Crippen molar-refractivity contribution in [1.82, 2.24) is 4.90 Å². The monoisotopic (exact) mass is 409 g/mol. The smallest absolute Gasteiger partial charge is 0.268 e. The predicted molar refractivity (Wildman–Crippen MR) is 109 cm³/mol. The summed E-state index contributed by atoms with van der Waals surface area (Å²) in [5.74, 6) is -0.452. The topological polar surface area (TPSA) is 64.4 Å². The molecule has 2 aliphatic heterocycles. The molecule has 0 bridgehead atoms. The minimum absolute atomic E-state index is 0.119. The van der Waals surface area contributed by atoms with Gasteiger partial charge in [-0.3, -0.25) is 9.59 Å². The third kappa shape index (κ3) is 2.99. The lowest BCUT2D eigenvalue weighted by molar-refractivity contribution is -0.142. The van der Waals surface area contributed by atoms with E-state index in [1.165, 1.54) is 23.9 Å². The SMILES string of the molecule is CC(C)C(=O)N1CCSC12C(=O)N(Cc1cccc(C#N)c1)c1ccc(F)cc12. The molecule has 2 heterocycles. The zero-order valence-electron chi connectivity index (χ0n) is 16.2. The van der Waals surface area contributed by atoms with Crippen LogP contribution >= 0.6 is 11.8 Å². The number of thioether (sulfide) groups is 1. The number of anilines is 1. The van der Waals surface area contributed by atoms with Crippen molar-refractivity contribution in [3.8, 4) is 6.07 Å². The molecule has 0 saturated carbocycles. The Morgan fingerprint density at radius 1 is 1.31 bits per heavy atom. The number of hydrogen-bond donors (Lipinski definition) is 0. The van der Waals surface area contributed by atoms with Crippen molar-refractivity contribution in [2.24, 2.45) is 5.92 Å². The number of carbonyl (C=O) groups excluding carboxylic acids is 2. The summed E-state index contributed by atoms with van der Waals surface area (Å²) in [4.78, 5) is 28.6. The number of nitriles is 1. The van der Waals surface area contributed by atoms with Gasteiger partial charge in [0.15, 0.2) is 4.87 Å². The zero-order chi connectivity index (χ0) is 20.8. The molecule has 1 saturated heterocycles. The Morgan fingerprint density at radius 3 is 2.83 bits per heavy atom. The molecule has 0 aliphatic carbocycles. The van der Waals surface area contributed by atoms with Crippen LogP contribution in [-0.2, 0) is 21.0 Å². The summed E-state index contributed by atoms with van der Waals surface area (Å²) < 4.78 is 14.2. The molecule has 2 aromatic rings. The lowest BCUT2D eigenvalue weighted by Gasteiger charge is -2.34. The van der Waals surface area contributed by atoms with Gasteiger partial charge in [0.25, 0.3) is 5.91 Å². The Bertz CT molecular complexity index is 1050. The van der Waals surface area contributed by atoms with E-state index in [2.05, 4.69) is 6.07 Å². The van der Waals surface area contributed by atoms with Crippen LogP contribution in [0, 0.1) is 23.1 Å². The molecular formula is C22H20FN3O2S. The number of benzene rings is 2. The van der Waals surface area contributed by atoms with E-state index in [4.69, 9.17) is 5.26 Å². The summed E-state index contributed by atoms with van der Waals surface area (Å²) in [6, 6.07) is 13.5. The van der Waals surface area contributed by atoms with Gasteiger partial charge in [-0.15, -0.1) is 11.8 Å². The number of fused-ring (bicyclic) bond motifs is 2. The van der Waals surface area contributed by atoms with Gasteiger partial charge in [0.1, 0.15) is 5.82 Å². The Kier molecular flexibility index (Phi) is 4.83. The molecule has 0 N–H and O–H groups in total. The van der Waals surface area contributed by atoms with E-state index < -0.39 is 10.7 Å². The lowest BCUT2D eigenvalue weighted by Crippen LogP contribution is -2.51. The molecule has 1 atom stereocenters. The number of nitrogens with zero attached hydrogens (tertiary/aromatic N) is 3. The van der Waals surface area contributed by atoms with Crippen LogP contribution in [0.5, 0.6) is 0 Å². The van der Waals surface area contributed by atoms with Gasteiger partial charge < -0.3 is 9.80 Å². The van der Waals surface area contributed by atoms with E-state index in [1.54, 1.807) is 47.9 Å². The van der Waals surface area contributed by atoms with Gasteiger partial charge in [-0.1, -0.05) is 26.0 Å². The summed E-state index contributed by atoms with van der Waals surface area (Å²) >= 11 is 1.38. The summed E-state index contributed by atoms with van der Waals surface area (Å²) in [5.41, 5.74) is 2.44. The third-order valence-electron chi connectivity index (χ3n) is 5.31. The highest BCUT2D eigenvalue weighted by molar-refractivity contribution is 8.01. The molecule has 4 rings (SSSR count). The maximum Gasteiger partial charge on any atom is 0.268 e. The van der Waals surface area contributed by atoms with Crippen LogP contribution < -0.4 is 4.90 Å². The molecule has 2 aliphatic rings. The summed E-state index contributed by atoms with van der Waals surface area (Å²) in [7, 11) is 0. The molecule has 2 aromatic carbocycles. The van der Waals surface area contributed by atoms with Gasteiger partial charge in [0, 0.05) is 23.8 Å². The van der Waals surface area contributed by atoms with Crippen molar-refractivity contribution in [2.75, 3.05) is 17.2 Å². The normalized spacial score (nSPS) is 20.4. The maximum absolute atomic E-state index is 14.2. The van der Waals surface area contributed by atoms with Gasteiger partial charge in [0.05, 0.1) is 23.9 Å². The van der Waals surface area contributed by atoms with Crippen molar-refractivity contribution in [2.45, 2.75) is 25.3 Å². The highest BCUT2D eigenvalue weighted by atomic mass is 32.2. The van der Waals surface area contributed by atoms with Crippen molar-refractivity contribution in [3.05, 3.63) is 65.0 Å². The second-order valence-corrected chi connectivity index (χ2v) is 8.79. The molecule has 2 amide bonds. The first-order chi connectivity index (χ1) is 13.9. The van der Waals surface area contributed by atoms with E-state index >= 15 is 0 Å². The predicted octanol–water partition coefficient (Wildman–Crippen LogP) is 3.63. The zero-order valence-corrected chi connectivity index (χ0v) is 17.0. The Balaban J connectivity index is 1.81. The fourth-order valence-corrected chi connectivity index (χ4v) is 5.46. The number of amides is 2. The number of hydrogen-bond acceptors (Lipinski definition) is 4. The average molecular weight is 409 g/mol. The van der Waals surface area contributed by atoms with E-state index in [9.17, 15) is 14.0 Å². The Labute approximate surface area is 173 Å². The summed E-state index contributed by atoms with van der Waals surface area (Å²) in [6.45, 7) is 4.30. The number of carbonyl (C=O) groups is 2. The Morgan fingerprint density at radius 2 is 2.10 bits per heavy atom. The molecule has 1 unspecified atom stereocenters. The summed E-state index contributed by atoms with van der Waals surface area (Å²) in [5, 5.41) is 9.16. The van der Waals surface area contributed by atoms with Crippen molar-refractivity contribution in [1.29, 1.82) is 5.26 Å². The largest absolute Gasteiger partial charge is 0.315 e. The van der Waals surface area contributed by atoms with Crippen molar-refractivity contribution in [3.63, 3.8) is 0 Å². The molecule has 1 spiro atoms. The van der Waals surface area contributed by atoms with Crippen LogP contribution in [-0.4, -0.2) is 29.0 Å². The van der Waals surface area contributed by atoms with Gasteiger partial charge in [-0.2, -0.15) is 5.26 Å². The fourth-order valence-electron chi connectivity index (χ4n) is 4.00. The van der Waals surface area contributed by atoms with E-state index in [-0.39, 0.29) is 24.3 Å². The summed E-state index contributed by atoms with van der Waals surface area (Å²) in [6.07, 6.45) is 0. The molecule has 0 aromatic heterocycles. The van der Waals surface area contributed by atoms with Gasteiger partial charge >= 0.3 is 0 Å². The van der Waals surface area contributed by atoms with Crippen molar-refractivity contribution < 1.29 is 14.0 Å². The molecule has 29 heavy (non-hydrogen) atoms. The lowest BCUT2D eigenvalue weighted by atomic mass is 10.0. The molecule has 5 nitrogen and oxygen atoms in total. The molecule has 1 fully saturated rings. The van der Waals surface area contributed by atoms with Crippen LogP contribution in [0.15, 0.2) is 42.5 Å². The maximum atomic E-state index is 14.2. The molecule has 148 valence electrons. The van der Waals surface area contributed by atoms with E-state index in [0.717, 1.165) is 5.56 Å². The van der Waals surface area contributed by atoms with Crippen LogP contribution in [0.2, 0.25) is 0 Å². The van der Waals surface area contributed by atoms with E-state index in [0.29, 0.717) is 29.1 Å². The Hall–Kier alpha value is -2.85. The second-order valence-electron chi connectivity index (χ2n) is 7.50. The van der Waals surface area contributed by atoms with Gasteiger partial charge in [-0.05, 0) is 35.9 Å². The fraction of sp³-hybridized carbons (Fsp3) is 0.318. The number of rotatable bonds is 3. The minimum atomic E-state index is -1.23.